The number of rotatable bonds is 5. The molecule has 1 aromatic heterocycles. The van der Waals surface area contributed by atoms with Gasteiger partial charge in [-0.05, 0) is 25.7 Å². The summed E-state index contributed by atoms with van der Waals surface area (Å²) in [7, 11) is 0. The van der Waals surface area contributed by atoms with Crippen LogP contribution in [0.5, 0.6) is 0 Å². The number of aromatic nitrogens is 2. The van der Waals surface area contributed by atoms with Crippen LogP contribution in [0, 0.1) is 0 Å². The molecule has 2 aliphatic carbocycles. The minimum Gasteiger partial charge on any atom is -0.333 e. The summed E-state index contributed by atoms with van der Waals surface area (Å²) in [5, 5.41) is 3.58. The maximum Gasteiger partial charge on any atom is 0.0948 e. The van der Waals surface area contributed by atoms with E-state index in [-0.39, 0.29) is 0 Å². The van der Waals surface area contributed by atoms with E-state index in [1.807, 2.05) is 6.33 Å². The first kappa shape index (κ1) is 11.3. The van der Waals surface area contributed by atoms with Crippen LogP contribution in [0.3, 0.4) is 0 Å². The summed E-state index contributed by atoms with van der Waals surface area (Å²) in [4.78, 5) is 4.35. The molecule has 2 saturated carbocycles. The molecule has 3 nitrogen and oxygen atoms in total. The van der Waals surface area contributed by atoms with Crippen molar-refractivity contribution in [2.24, 2.45) is 0 Å². The minimum atomic E-state index is 0.771. The predicted molar refractivity (Wildman–Crippen MR) is 69.1 cm³/mol. The number of nitrogens with zero attached hydrogens (tertiary/aromatic N) is 2. The molecule has 1 aromatic rings. The Kier molecular flexibility index (Phi) is 3.46. The van der Waals surface area contributed by atoms with Gasteiger partial charge in [0, 0.05) is 36.9 Å². The van der Waals surface area contributed by atoms with Crippen LogP contribution >= 0.6 is 0 Å². The van der Waals surface area contributed by atoms with Crippen molar-refractivity contribution in [2.75, 3.05) is 6.54 Å². The zero-order chi connectivity index (χ0) is 11.5. The largest absolute Gasteiger partial charge is 0.333 e. The van der Waals surface area contributed by atoms with E-state index in [1.54, 1.807) is 0 Å². The second kappa shape index (κ2) is 5.21. The fourth-order valence-corrected chi connectivity index (χ4v) is 2.93. The SMILES string of the molecule is c1ncn(CCNC2CC2)c1C1CCCCC1. The van der Waals surface area contributed by atoms with Crippen molar-refractivity contribution in [1.82, 2.24) is 14.9 Å². The van der Waals surface area contributed by atoms with E-state index in [0.717, 1.165) is 25.0 Å². The molecule has 0 amide bonds. The van der Waals surface area contributed by atoms with Gasteiger partial charge in [-0.2, -0.15) is 0 Å². The molecule has 3 rings (SSSR count). The van der Waals surface area contributed by atoms with E-state index < -0.39 is 0 Å². The first-order valence-electron chi connectivity index (χ1n) is 7.17. The molecule has 3 heteroatoms. The maximum atomic E-state index is 4.35. The summed E-state index contributed by atoms with van der Waals surface area (Å²) in [5.41, 5.74) is 1.47. The smallest absolute Gasteiger partial charge is 0.0948 e. The first-order valence-corrected chi connectivity index (χ1v) is 7.17. The molecule has 0 bridgehead atoms. The van der Waals surface area contributed by atoms with Crippen LogP contribution in [0.1, 0.15) is 56.6 Å². The van der Waals surface area contributed by atoms with Crippen molar-refractivity contribution in [3.05, 3.63) is 18.2 Å². The van der Waals surface area contributed by atoms with Crippen molar-refractivity contribution in [1.29, 1.82) is 0 Å². The highest BCUT2D eigenvalue weighted by Crippen LogP contribution is 2.32. The molecule has 0 aromatic carbocycles. The first-order chi connectivity index (χ1) is 8.43. The van der Waals surface area contributed by atoms with E-state index in [9.17, 15) is 0 Å². The highest BCUT2D eigenvalue weighted by molar-refractivity contribution is 5.07. The molecule has 2 aliphatic rings. The molecule has 0 aliphatic heterocycles. The highest BCUT2D eigenvalue weighted by Gasteiger charge is 2.21. The second-order valence-electron chi connectivity index (χ2n) is 5.58. The lowest BCUT2D eigenvalue weighted by atomic mass is 9.87. The van der Waals surface area contributed by atoms with Gasteiger partial charge in [0.1, 0.15) is 0 Å². The molecular weight excluding hydrogens is 210 g/mol. The van der Waals surface area contributed by atoms with Gasteiger partial charge in [-0.15, -0.1) is 0 Å². The quantitative estimate of drug-likeness (QED) is 0.847. The van der Waals surface area contributed by atoms with E-state index in [2.05, 4.69) is 21.1 Å². The summed E-state index contributed by atoms with van der Waals surface area (Å²) >= 11 is 0. The van der Waals surface area contributed by atoms with Crippen molar-refractivity contribution < 1.29 is 0 Å². The number of hydrogen-bond donors (Lipinski definition) is 1. The van der Waals surface area contributed by atoms with E-state index in [0.29, 0.717) is 0 Å². The standard InChI is InChI=1S/C14H23N3/c1-2-4-12(5-3-1)14-10-15-11-17(14)9-8-16-13-6-7-13/h10-13,16H,1-9H2. The molecule has 1 heterocycles. The molecule has 0 unspecified atom stereocenters. The highest BCUT2D eigenvalue weighted by atomic mass is 15.1. The fraction of sp³-hybridized carbons (Fsp3) is 0.786. The summed E-state index contributed by atoms with van der Waals surface area (Å²) < 4.78 is 2.37. The van der Waals surface area contributed by atoms with Gasteiger partial charge in [0.25, 0.3) is 0 Å². The molecule has 2 fully saturated rings. The van der Waals surface area contributed by atoms with Gasteiger partial charge in [-0.1, -0.05) is 19.3 Å². The molecular formula is C14H23N3. The third kappa shape index (κ3) is 2.89. The summed E-state index contributed by atoms with van der Waals surface area (Å²) in [6.07, 6.45) is 13.8. The molecule has 0 radical (unpaired) electrons. The van der Waals surface area contributed by atoms with Gasteiger partial charge in [0.05, 0.1) is 6.33 Å². The van der Waals surface area contributed by atoms with Crippen LogP contribution in [0.4, 0.5) is 0 Å². The lowest BCUT2D eigenvalue weighted by molar-refractivity contribution is 0.421. The lowest BCUT2D eigenvalue weighted by Gasteiger charge is -2.22. The Hall–Kier alpha value is -0.830. The van der Waals surface area contributed by atoms with Crippen LogP contribution in [-0.2, 0) is 6.54 Å². The number of imidazole rings is 1. The Bertz CT molecular complexity index is 348. The monoisotopic (exact) mass is 233 g/mol. The van der Waals surface area contributed by atoms with Crippen molar-refractivity contribution in [3.63, 3.8) is 0 Å². The van der Waals surface area contributed by atoms with Gasteiger partial charge in [0.15, 0.2) is 0 Å². The Balaban J connectivity index is 1.57. The van der Waals surface area contributed by atoms with Gasteiger partial charge < -0.3 is 9.88 Å². The van der Waals surface area contributed by atoms with E-state index in [1.165, 1.54) is 50.6 Å². The van der Waals surface area contributed by atoms with Crippen molar-refractivity contribution in [3.8, 4) is 0 Å². The Morgan fingerprint density at radius 1 is 1.18 bits per heavy atom. The van der Waals surface area contributed by atoms with Gasteiger partial charge >= 0.3 is 0 Å². The van der Waals surface area contributed by atoms with Gasteiger partial charge in [0.2, 0.25) is 0 Å². The van der Waals surface area contributed by atoms with Crippen LogP contribution in [0.15, 0.2) is 12.5 Å². The zero-order valence-corrected chi connectivity index (χ0v) is 10.6. The van der Waals surface area contributed by atoms with E-state index in [4.69, 9.17) is 0 Å². The maximum absolute atomic E-state index is 4.35. The summed E-state index contributed by atoms with van der Waals surface area (Å²) in [6.45, 7) is 2.18. The summed E-state index contributed by atoms with van der Waals surface area (Å²) in [5.74, 6) is 0.771. The van der Waals surface area contributed by atoms with Crippen LogP contribution in [-0.4, -0.2) is 22.1 Å². The molecule has 17 heavy (non-hydrogen) atoms. The van der Waals surface area contributed by atoms with Crippen LogP contribution < -0.4 is 5.32 Å². The second-order valence-corrected chi connectivity index (χ2v) is 5.58. The Morgan fingerprint density at radius 3 is 2.76 bits per heavy atom. The topological polar surface area (TPSA) is 29.9 Å². The molecule has 94 valence electrons. The molecule has 0 spiro atoms. The molecule has 1 N–H and O–H groups in total. The predicted octanol–water partition coefficient (Wildman–Crippen LogP) is 2.68. The normalized spacial score (nSPS) is 21.9. The average molecular weight is 233 g/mol. The molecule has 0 saturated heterocycles. The minimum absolute atomic E-state index is 0.771. The molecule has 0 atom stereocenters. The van der Waals surface area contributed by atoms with Crippen molar-refractivity contribution in [2.45, 2.75) is 63.5 Å². The number of nitrogens with one attached hydrogen (secondary N) is 1. The van der Waals surface area contributed by atoms with Crippen molar-refractivity contribution >= 4 is 0 Å². The lowest BCUT2D eigenvalue weighted by Crippen LogP contribution is -2.23. The van der Waals surface area contributed by atoms with Gasteiger partial charge in [-0.25, -0.2) is 4.98 Å². The third-order valence-corrected chi connectivity index (χ3v) is 4.13. The van der Waals surface area contributed by atoms with Gasteiger partial charge in [-0.3, -0.25) is 0 Å². The van der Waals surface area contributed by atoms with E-state index >= 15 is 0 Å². The summed E-state index contributed by atoms with van der Waals surface area (Å²) in [6, 6.07) is 0.816. The Morgan fingerprint density at radius 2 is 2.00 bits per heavy atom. The van der Waals surface area contributed by atoms with Crippen LogP contribution in [0.2, 0.25) is 0 Å². The third-order valence-electron chi connectivity index (χ3n) is 4.13. The average Bonchev–Trinajstić information content (AvgIpc) is 3.07. The number of hydrogen-bond acceptors (Lipinski definition) is 2. The zero-order valence-electron chi connectivity index (χ0n) is 10.6. The Labute approximate surface area is 104 Å². The van der Waals surface area contributed by atoms with Crippen LogP contribution in [0.25, 0.3) is 0 Å². The fourth-order valence-electron chi connectivity index (χ4n) is 2.93.